The first-order chi connectivity index (χ1) is 11.3. The Hall–Kier alpha value is -1.47. The Labute approximate surface area is 142 Å². The number of amides is 1. The highest BCUT2D eigenvalue weighted by Crippen LogP contribution is 2.29. The average Bonchev–Trinajstić information content (AvgIpc) is 2.84. The number of carbonyl (C=O) groups is 1. The summed E-state index contributed by atoms with van der Waals surface area (Å²) in [6.45, 7) is 5.07. The Kier molecular flexibility index (Phi) is 4.66. The third kappa shape index (κ3) is 3.32. The second-order valence-corrected chi connectivity index (χ2v) is 9.11. The van der Waals surface area contributed by atoms with Crippen LogP contribution in [0.15, 0.2) is 24.3 Å². The van der Waals surface area contributed by atoms with Crippen LogP contribution in [0.25, 0.3) is 0 Å². The maximum absolute atomic E-state index is 13.9. The lowest BCUT2D eigenvalue weighted by Gasteiger charge is -2.44. The third-order valence-corrected chi connectivity index (χ3v) is 6.60. The second kappa shape index (κ2) is 6.44. The number of nitrogens with zero attached hydrogens (tertiary/aromatic N) is 2. The van der Waals surface area contributed by atoms with Crippen LogP contribution in [0.4, 0.5) is 4.39 Å². The van der Waals surface area contributed by atoms with Gasteiger partial charge < -0.3 is 4.90 Å². The van der Waals surface area contributed by atoms with Crippen molar-refractivity contribution in [2.75, 3.05) is 24.6 Å². The van der Waals surface area contributed by atoms with E-state index in [-0.39, 0.29) is 41.2 Å². The minimum absolute atomic E-state index is 0.00387. The van der Waals surface area contributed by atoms with Gasteiger partial charge in [0.2, 0.25) is 5.91 Å². The molecule has 0 saturated carbocycles. The van der Waals surface area contributed by atoms with Gasteiger partial charge in [0.1, 0.15) is 5.82 Å². The van der Waals surface area contributed by atoms with Gasteiger partial charge in [-0.15, -0.1) is 0 Å². The van der Waals surface area contributed by atoms with Gasteiger partial charge in [0, 0.05) is 37.2 Å². The molecular formula is C17H23FN2O3S. The number of halogens is 1. The summed E-state index contributed by atoms with van der Waals surface area (Å²) < 4.78 is 38.3. The van der Waals surface area contributed by atoms with E-state index < -0.39 is 9.84 Å². The van der Waals surface area contributed by atoms with Crippen LogP contribution in [0.1, 0.15) is 19.4 Å². The van der Waals surface area contributed by atoms with E-state index in [1.807, 2.05) is 18.7 Å². The summed E-state index contributed by atoms with van der Waals surface area (Å²) in [5.41, 5.74) is 0.559. The van der Waals surface area contributed by atoms with Crippen LogP contribution in [0, 0.1) is 11.7 Å². The molecule has 5 nitrogen and oxygen atoms in total. The van der Waals surface area contributed by atoms with Gasteiger partial charge in [-0.25, -0.2) is 12.8 Å². The summed E-state index contributed by atoms with van der Waals surface area (Å²) in [5, 5.41) is 0. The Morgan fingerprint density at radius 1 is 1.21 bits per heavy atom. The monoisotopic (exact) mass is 354 g/mol. The van der Waals surface area contributed by atoms with E-state index in [0.717, 1.165) is 0 Å². The molecule has 1 amide bonds. The van der Waals surface area contributed by atoms with Crippen LogP contribution in [0.2, 0.25) is 0 Å². The highest BCUT2D eigenvalue weighted by atomic mass is 32.2. The van der Waals surface area contributed by atoms with Crippen molar-refractivity contribution in [2.24, 2.45) is 5.92 Å². The molecule has 0 unspecified atom stereocenters. The molecule has 0 radical (unpaired) electrons. The molecule has 7 heteroatoms. The van der Waals surface area contributed by atoms with Crippen LogP contribution in [-0.4, -0.2) is 60.8 Å². The van der Waals surface area contributed by atoms with Crippen LogP contribution in [0.3, 0.4) is 0 Å². The van der Waals surface area contributed by atoms with Gasteiger partial charge in [-0.2, -0.15) is 0 Å². The summed E-state index contributed by atoms with van der Waals surface area (Å²) >= 11 is 0. The summed E-state index contributed by atoms with van der Waals surface area (Å²) in [6.07, 6.45) is 0. The number of fused-ring (bicyclic) bond motifs is 1. The van der Waals surface area contributed by atoms with Crippen LogP contribution in [-0.2, 0) is 21.2 Å². The molecule has 132 valence electrons. The van der Waals surface area contributed by atoms with Crippen LogP contribution in [0.5, 0.6) is 0 Å². The van der Waals surface area contributed by atoms with E-state index in [4.69, 9.17) is 0 Å². The SMILES string of the molecule is CC(C)C(=O)N1CCN(Cc2ccccc2F)[C@H]2CS(=O)(=O)C[C@H]21. The van der Waals surface area contributed by atoms with Gasteiger partial charge in [0.05, 0.1) is 17.5 Å². The lowest BCUT2D eigenvalue weighted by atomic mass is 10.0. The number of benzene rings is 1. The predicted molar refractivity (Wildman–Crippen MR) is 89.6 cm³/mol. The molecule has 2 aliphatic heterocycles. The molecule has 2 heterocycles. The van der Waals surface area contributed by atoms with E-state index in [1.165, 1.54) is 6.07 Å². The highest BCUT2D eigenvalue weighted by Gasteiger charge is 2.48. The van der Waals surface area contributed by atoms with Gasteiger partial charge in [-0.3, -0.25) is 9.69 Å². The van der Waals surface area contributed by atoms with Crippen molar-refractivity contribution < 1.29 is 17.6 Å². The predicted octanol–water partition coefficient (Wildman–Crippen LogP) is 1.29. The van der Waals surface area contributed by atoms with Gasteiger partial charge in [0.15, 0.2) is 9.84 Å². The summed E-state index contributed by atoms with van der Waals surface area (Å²) in [4.78, 5) is 16.2. The zero-order valence-electron chi connectivity index (χ0n) is 14.0. The molecule has 0 N–H and O–H groups in total. The Morgan fingerprint density at radius 3 is 2.54 bits per heavy atom. The second-order valence-electron chi connectivity index (χ2n) is 6.96. The molecule has 2 atom stereocenters. The van der Waals surface area contributed by atoms with Crippen molar-refractivity contribution >= 4 is 15.7 Å². The first-order valence-corrected chi connectivity index (χ1v) is 10.1. The van der Waals surface area contributed by atoms with Gasteiger partial charge in [-0.1, -0.05) is 32.0 Å². The van der Waals surface area contributed by atoms with Crippen molar-refractivity contribution in [2.45, 2.75) is 32.5 Å². The topological polar surface area (TPSA) is 57.7 Å². The van der Waals surface area contributed by atoms with Crippen molar-refractivity contribution in [3.63, 3.8) is 0 Å². The first-order valence-electron chi connectivity index (χ1n) is 8.27. The number of carbonyl (C=O) groups excluding carboxylic acids is 1. The van der Waals surface area contributed by atoms with Gasteiger partial charge in [0.25, 0.3) is 0 Å². The minimum Gasteiger partial charge on any atom is -0.336 e. The van der Waals surface area contributed by atoms with Crippen molar-refractivity contribution in [1.29, 1.82) is 0 Å². The fraction of sp³-hybridized carbons (Fsp3) is 0.588. The van der Waals surface area contributed by atoms with Crippen molar-refractivity contribution in [1.82, 2.24) is 9.80 Å². The molecule has 0 aliphatic carbocycles. The Balaban J connectivity index is 1.85. The van der Waals surface area contributed by atoms with E-state index in [0.29, 0.717) is 25.2 Å². The zero-order chi connectivity index (χ0) is 17.5. The van der Waals surface area contributed by atoms with Crippen molar-refractivity contribution in [3.8, 4) is 0 Å². The van der Waals surface area contributed by atoms with Gasteiger partial charge >= 0.3 is 0 Å². The molecule has 0 bridgehead atoms. The number of piperazine rings is 1. The van der Waals surface area contributed by atoms with E-state index in [9.17, 15) is 17.6 Å². The van der Waals surface area contributed by atoms with Crippen molar-refractivity contribution in [3.05, 3.63) is 35.6 Å². The smallest absolute Gasteiger partial charge is 0.225 e. The maximum atomic E-state index is 13.9. The largest absolute Gasteiger partial charge is 0.336 e. The molecule has 1 aromatic carbocycles. The summed E-state index contributed by atoms with van der Waals surface area (Å²) in [7, 11) is -3.19. The number of hydrogen-bond donors (Lipinski definition) is 0. The zero-order valence-corrected chi connectivity index (χ0v) is 14.8. The molecular weight excluding hydrogens is 331 g/mol. The average molecular weight is 354 g/mol. The van der Waals surface area contributed by atoms with E-state index >= 15 is 0 Å². The highest BCUT2D eigenvalue weighted by molar-refractivity contribution is 7.91. The van der Waals surface area contributed by atoms with Gasteiger partial charge in [-0.05, 0) is 6.07 Å². The quantitative estimate of drug-likeness (QED) is 0.821. The standard InChI is InChI=1S/C17H23FN2O3S/c1-12(2)17(21)20-8-7-19(9-13-5-3-4-6-14(13)18)15-10-24(22,23)11-16(15)20/h3-6,12,15-16H,7-11H2,1-2H3/t15-,16+/m0/s1. The molecule has 2 aliphatic rings. The fourth-order valence-electron chi connectivity index (χ4n) is 3.67. The third-order valence-electron chi connectivity index (χ3n) is 4.90. The molecule has 24 heavy (non-hydrogen) atoms. The maximum Gasteiger partial charge on any atom is 0.225 e. The lowest BCUT2D eigenvalue weighted by molar-refractivity contribution is -0.140. The molecule has 1 aromatic rings. The molecule has 2 fully saturated rings. The first kappa shape index (κ1) is 17.4. The van der Waals surface area contributed by atoms with Crippen LogP contribution >= 0.6 is 0 Å². The molecule has 3 rings (SSSR count). The fourth-order valence-corrected chi connectivity index (χ4v) is 5.68. The molecule has 0 spiro atoms. The number of rotatable bonds is 3. The minimum atomic E-state index is -3.19. The number of sulfone groups is 1. The van der Waals surface area contributed by atoms with E-state index in [2.05, 4.69) is 0 Å². The Bertz CT molecular complexity index is 735. The Morgan fingerprint density at radius 2 is 1.88 bits per heavy atom. The summed E-state index contributed by atoms with van der Waals surface area (Å²) in [6, 6.07) is 5.97. The molecule has 0 aromatic heterocycles. The summed E-state index contributed by atoms with van der Waals surface area (Å²) in [5.74, 6) is -0.409. The number of hydrogen-bond acceptors (Lipinski definition) is 4. The molecule has 2 saturated heterocycles. The lowest BCUT2D eigenvalue weighted by Crippen LogP contribution is -2.60. The normalized spacial score (nSPS) is 26.6. The van der Waals surface area contributed by atoms with Crippen LogP contribution < -0.4 is 0 Å². The van der Waals surface area contributed by atoms with E-state index in [1.54, 1.807) is 23.1 Å².